The third-order valence-electron chi connectivity index (χ3n) is 2.60. The van der Waals surface area contributed by atoms with E-state index < -0.39 is 0 Å². The molecule has 0 fully saturated rings. The summed E-state index contributed by atoms with van der Waals surface area (Å²) in [5.41, 5.74) is 6.66. The highest BCUT2D eigenvalue weighted by atomic mass is 35.5. The largest absolute Gasteiger partial charge is 0.325 e. The molecule has 0 aliphatic carbocycles. The van der Waals surface area contributed by atoms with Crippen LogP contribution in [0.3, 0.4) is 0 Å². The number of benzene rings is 1. The fourth-order valence-corrected chi connectivity index (χ4v) is 1.75. The Balaban J connectivity index is 2.97. The third-order valence-corrected chi connectivity index (χ3v) is 2.83. The van der Waals surface area contributed by atoms with Crippen LogP contribution in [0.1, 0.15) is 19.4 Å². The van der Waals surface area contributed by atoms with Gasteiger partial charge in [0, 0.05) is 23.7 Å². The van der Waals surface area contributed by atoms with Crippen molar-refractivity contribution in [2.24, 2.45) is 5.73 Å². The molecule has 0 heterocycles. The molecule has 5 heteroatoms. The second-order valence-corrected chi connectivity index (χ2v) is 4.23. The zero-order valence-corrected chi connectivity index (χ0v) is 11.9. The summed E-state index contributed by atoms with van der Waals surface area (Å²) < 4.78 is 0. The highest BCUT2D eigenvalue weighted by Crippen LogP contribution is 2.20. The summed E-state index contributed by atoms with van der Waals surface area (Å²) in [7, 11) is 0. The molecule has 1 aromatic carbocycles. The molecule has 4 nitrogen and oxygen atoms in total. The first-order valence-electron chi connectivity index (χ1n) is 6.16. The number of rotatable bonds is 3. The van der Waals surface area contributed by atoms with Gasteiger partial charge in [-0.1, -0.05) is 23.4 Å². The van der Waals surface area contributed by atoms with Crippen molar-refractivity contribution in [3.8, 4) is 11.8 Å². The Bertz CT molecular complexity index is 501. The maximum absolute atomic E-state index is 12.0. The molecule has 0 bridgehead atoms. The van der Waals surface area contributed by atoms with Gasteiger partial charge in [-0.05, 0) is 32.0 Å². The monoisotopic (exact) mass is 279 g/mol. The van der Waals surface area contributed by atoms with E-state index in [2.05, 4.69) is 17.2 Å². The Kier molecular flexibility index (Phi) is 6.20. The van der Waals surface area contributed by atoms with E-state index in [0.717, 1.165) is 0 Å². The summed E-state index contributed by atoms with van der Waals surface area (Å²) in [6, 6.07) is 5.02. The van der Waals surface area contributed by atoms with Gasteiger partial charge in [-0.15, -0.1) is 0 Å². The van der Waals surface area contributed by atoms with Crippen LogP contribution in [0, 0.1) is 11.8 Å². The Morgan fingerprint density at radius 2 is 2.11 bits per heavy atom. The van der Waals surface area contributed by atoms with Gasteiger partial charge in [-0.25, -0.2) is 4.79 Å². The topological polar surface area (TPSA) is 58.4 Å². The Morgan fingerprint density at radius 3 is 2.68 bits per heavy atom. The number of carbonyl (C=O) groups is 1. The number of amides is 2. The highest BCUT2D eigenvalue weighted by Gasteiger charge is 2.11. The van der Waals surface area contributed by atoms with E-state index in [1.165, 1.54) is 0 Å². The van der Waals surface area contributed by atoms with E-state index in [1.807, 2.05) is 13.8 Å². The summed E-state index contributed by atoms with van der Waals surface area (Å²) in [6.07, 6.45) is 0. The second kappa shape index (κ2) is 7.67. The first kappa shape index (κ1) is 15.4. The van der Waals surface area contributed by atoms with Crippen molar-refractivity contribution in [2.75, 3.05) is 25.0 Å². The molecule has 0 spiro atoms. The predicted molar refractivity (Wildman–Crippen MR) is 79.3 cm³/mol. The van der Waals surface area contributed by atoms with Crippen molar-refractivity contribution >= 4 is 23.3 Å². The van der Waals surface area contributed by atoms with Crippen LogP contribution in [0.15, 0.2) is 18.2 Å². The number of nitrogens with two attached hydrogens (primary N) is 1. The van der Waals surface area contributed by atoms with Crippen LogP contribution in [0.4, 0.5) is 10.5 Å². The van der Waals surface area contributed by atoms with E-state index in [4.69, 9.17) is 17.3 Å². The van der Waals surface area contributed by atoms with Crippen LogP contribution in [0.25, 0.3) is 0 Å². The smallest absolute Gasteiger partial charge is 0.321 e. The number of hydrogen-bond acceptors (Lipinski definition) is 2. The molecule has 0 unspecified atom stereocenters. The minimum absolute atomic E-state index is 0.150. The summed E-state index contributed by atoms with van der Waals surface area (Å²) in [4.78, 5) is 13.7. The lowest BCUT2D eigenvalue weighted by Gasteiger charge is -2.19. The normalized spacial score (nSPS) is 9.47. The molecule has 102 valence electrons. The standard InChI is InChI=1S/C14H18ClN3O/c1-3-18(4-2)14(19)17-13-8-7-12(15)10-11(13)6-5-9-16/h7-8,10H,3-4,9,16H2,1-2H3,(H,17,19). The van der Waals surface area contributed by atoms with Crippen LogP contribution in [0.5, 0.6) is 0 Å². The molecule has 0 aliphatic rings. The molecule has 3 N–H and O–H groups in total. The van der Waals surface area contributed by atoms with Gasteiger partial charge in [0.15, 0.2) is 0 Å². The molecule has 0 saturated carbocycles. The molecule has 0 radical (unpaired) electrons. The molecular weight excluding hydrogens is 262 g/mol. The first-order chi connectivity index (χ1) is 9.12. The van der Waals surface area contributed by atoms with Crippen molar-refractivity contribution < 1.29 is 4.79 Å². The van der Waals surface area contributed by atoms with Crippen molar-refractivity contribution in [1.29, 1.82) is 0 Å². The average molecular weight is 280 g/mol. The second-order valence-electron chi connectivity index (χ2n) is 3.80. The zero-order valence-electron chi connectivity index (χ0n) is 11.2. The summed E-state index contributed by atoms with van der Waals surface area (Å²) in [5, 5.41) is 3.41. The lowest BCUT2D eigenvalue weighted by Crippen LogP contribution is -2.34. The number of anilines is 1. The maximum atomic E-state index is 12.0. The predicted octanol–water partition coefficient (Wildman–Crippen LogP) is 2.52. The number of nitrogens with one attached hydrogen (secondary N) is 1. The fourth-order valence-electron chi connectivity index (χ4n) is 1.58. The van der Waals surface area contributed by atoms with Gasteiger partial charge in [-0.3, -0.25) is 0 Å². The maximum Gasteiger partial charge on any atom is 0.321 e. The Morgan fingerprint density at radius 1 is 1.42 bits per heavy atom. The molecule has 1 aromatic rings. The van der Waals surface area contributed by atoms with Gasteiger partial charge >= 0.3 is 6.03 Å². The molecule has 19 heavy (non-hydrogen) atoms. The summed E-state index contributed by atoms with van der Waals surface area (Å²) in [6.45, 7) is 5.43. The van der Waals surface area contributed by atoms with Gasteiger partial charge in [0.2, 0.25) is 0 Å². The Labute approximate surface area is 118 Å². The van der Waals surface area contributed by atoms with Gasteiger partial charge in [0.25, 0.3) is 0 Å². The van der Waals surface area contributed by atoms with Gasteiger partial charge in [0.1, 0.15) is 0 Å². The number of halogens is 1. The van der Waals surface area contributed by atoms with Crippen molar-refractivity contribution in [2.45, 2.75) is 13.8 Å². The van der Waals surface area contributed by atoms with Crippen molar-refractivity contribution in [3.63, 3.8) is 0 Å². The SMILES string of the molecule is CCN(CC)C(=O)Nc1ccc(Cl)cc1C#CCN. The van der Waals surface area contributed by atoms with Crippen LogP contribution in [-0.2, 0) is 0 Å². The lowest BCUT2D eigenvalue weighted by atomic mass is 10.2. The highest BCUT2D eigenvalue weighted by molar-refractivity contribution is 6.30. The quantitative estimate of drug-likeness (QED) is 0.836. The molecule has 0 atom stereocenters. The van der Waals surface area contributed by atoms with E-state index in [9.17, 15) is 4.79 Å². The van der Waals surface area contributed by atoms with E-state index >= 15 is 0 Å². The third kappa shape index (κ3) is 4.47. The van der Waals surface area contributed by atoms with Gasteiger partial charge < -0.3 is 16.0 Å². The van der Waals surface area contributed by atoms with Crippen LogP contribution >= 0.6 is 11.6 Å². The number of hydrogen-bond donors (Lipinski definition) is 2. The van der Waals surface area contributed by atoms with Crippen LogP contribution in [0.2, 0.25) is 5.02 Å². The lowest BCUT2D eigenvalue weighted by molar-refractivity contribution is 0.217. The summed E-state index contributed by atoms with van der Waals surface area (Å²) in [5.74, 6) is 5.66. The van der Waals surface area contributed by atoms with Gasteiger partial charge in [-0.2, -0.15) is 0 Å². The Hall–Kier alpha value is -1.70. The molecule has 2 amide bonds. The fraction of sp³-hybridized carbons (Fsp3) is 0.357. The molecule has 0 aromatic heterocycles. The minimum Gasteiger partial charge on any atom is -0.325 e. The zero-order chi connectivity index (χ0) is 14.3. The first-order valence-corrected chi connectivity index (χ1v) is 6.54. The summed E-state index contributed by atoms with van der Waals surface area (Å²) >= 11 is 5.93. The van der Waals surface area contributed by atoms with Gasteiger partial charge in [0.05, 0.1) is 12.2 Å². The van der Waals surface area contributed by atoms with E-state index in [0.29, 0.717) is 29.4 Å². The van der Waals surface area contributed by atoms with Crippen molar-refractivity contribution in [1.82, 2.24) is 4.90 Å². The van der Waals surface area contributed by atoms with E-state index in [1.54, 1.807) is 23.1 Å². The van der Waals surface area contributed by atoms with Crippen LogP contribution in [-0.4, -0.2) is 30.6 Å². The van der Waals surface area contributed by atoms with Crippen LogP contribution < -0.4 is 11.1 Å². The molecule has 1 rings (SSSR count). The number of urea groups is 1. The molecule has 0 saturated heterocycles. The number of nitrogens with zero attached hydrogens (tertiary/aromatic N) is 1. The molecular formula is C14H18ClN3O. The van der Waals surface area contributed by atoms with E-state index in [-0.39, 0.29) is 12.6 Å². The minimum atomic E-state index is -0.150. The van der Waals surface area contributed by atoms with Crippen molar-refractivity contribution in [3.05, 3.63) is 28.8 Å². The number of carbonyl (C=O) groups excluding carboxylic acids is 1. The average Bonchev–Trinajstić information content (AvgIpc) is 2.40. The molecule has 0 aliphatic heterocycles.